The van der Waals surface area contributed by atoms with Gasteiger partial charge in [0.25, 0.3) is 0 Å². The van der Waals surface area contributed by atoms with Crippen LogP contribution in [0.1, 0.15) is 34.1 Å². The Morgan fingerprint density at radius 2 is 1.93 bits per heavy atom. The molecule has 0 rings (SSSR count). The Labute approximate surface area is 113 Å². The molecular weight excluding hydrogens is 207 g/mol. The molecule has 2 atom stereocenters. The number of rotatable bonds is 5. The first-order chi connectivity index (χ1) is 6.28. The van der Waals surface area contributed by atoms with E-state index in [4.69, 9.17) is 5.26 Å². The third-order valence-corrected chi connectivity index (χ3v) is 2.24. The van der Waals surface area contributed by atoms with Crippen molar-refractivity contribution in [2.75, 3.05) is 6.61 Å². The molecule has 0 radical (unpaired) electrons. The zero-order valence-corrected chi connectivity index (χ0v) is 12.2. The van der Waals surface area contributed by atoms with Crippen molar-refractivity contribution < 1.29 is 49.6 Å². The maximum absolute atomic E-state index is 10.7. The van der Waals surface area contributed by atoms with Gasteiger partial charge in [0.1, 0.15) is 0 Å². The van der Waals surface area contributed by atoms with Gasteiger partial charge in [0.15, 0.2) is 0 Å². The van der Waals surface area contributed by atoms with Gasteiger partial charge in [0, 0.05) is 11.9 Å². The molecule has 0 aliphatic heterocycles. The summed E-state index contributed by atoms with van der Waals surface area (Å²) >= 11 is 0. The van der Waals surface area contributed by atoms with Crippen LogP contribution in [0, 0.1) is 17.3 Å². The molecule has 15 heavy (non-hydrogen) atoms. The second-order valence-electron chi connectivity index (χ2n) is 4.93. The third-order valence-electron chi connectivity index (χ3n) is 2.24. The summed E-state index contributed by atoms with van der Waals surface area (Å²) in [5.41, 5.74) is 0.00685. The first-order valence-corrected chi connectivity index (χ1v) is 4.75. The minimum Gasteiger partial charge on any atom is -0.550 e. The zero-order chi connectivity index (χ0) is 11.4. The summed E-state index contributed by atoms with van der Waals surface area (Å²) in [6.07, 6.45) is 0.669. The van der Waals surface area contributed by atoms with Gasteiger partial charge in [-0.25, -0.2) is 4.89 Å². The fourth-order valence-corrected chi connectivity index (χ4v) is 1.45. The minimum absolute atomic E-state index is 0. The van der Waals surface area contributed by atoms with Crippen molar-refractivity contribution in [1.29, 1.82) is 0 Å². The van der Waals surface area contributed by atoms with Gasteiger partial charge >= 0.3 is 29.6 Å². The van der Waals surface area contributed by atoms with E-state index < -0.39 is 11.9 Å². The monoisotopic (exact) mass is 226 g/mol. The molecule has 0 bridgehead atoms. The summed E-state index contributed by atoms with van der Waals surface area (Å²) < 4.78 is 0. The third kappa shape index (κ3) is 8.22. The molecular formula is C10H19NaO4. The van der Waals surface area contributed by atoms with E-state index in [9.17, 15) is 9.90 Å². The zero-order valence-electron chi connectivity index (χ0n) is 10.2. The van der Waals surface area contributed by atoms with E-state index in [-0.39, 0.29) is 47.5 Å². The summed E-state index contributed by atoms with van der Waals surface area (Å²) in [4.78, 5) is 14.7. The molecule has 0 aliphatic rings. The molecule has 0 aromatic heterocycles. The van der Waals surface area contributed by atoms with E-state index in [1.165, 1.54) is 0 Å². The van der Waals surface area contributed by atoms with Gasteiger partial charge in [0.05, 0.1) is 6.61 Å². The Hall–Kier alpha value is 0.390. The predicted octanol–water partition coefficient (Wildman–Crippen LogP) is -2.08. The van der Waals surface area contributed by atoms with E-state index in [0.717, 1.165) is 0 Å². The average Bonchev–Trinajstić information content (AvgIpc) is 1.99. The first kappa shape index (κ1) is 17.8. The Morgan fingerprint density at radius 3 is 2.20 bits per heavy atom. The van der Waals surface area contributed by atoms with Crippen LogP contribution in [-0.4, -0.2) is 17.8 Å². The van der Waals surface area contributed by atoms with Crippen LogP contribution in [0.4, 0.5) is 0 Å². The molecule has 4 nitrogen and oxygen atoms in total. The Morgan fingerprint density at radius 1 is 1.47 bits per heavy atom. The van der Waals surface area contributed by atoms with Gasteiger partial charge in [-0.15, -0.1) is 0 Å². The number of hydrogen-bond donors (Lipinski definition) is 1. The van der Waals surface area contributed by atoms with Crippen LogP contribution in [0.3, 0.4) is 0 Å². The first-order valence-electron chi connectivity index (χ1n) is 4.75. The molecule has 0 saturated carbocycles. The topological polar surface area (TPSA) is 69.6 Å². The van der Waals surface area contributed by atoms with Crippen molar-refractivity contribution in [3.63, 3.8) is 0 Å². The van der Waals surface area contributed by atoms with Crippen molar-refractivity contribution in [3.8, 4) is 0 Å². The van der Waals surface area contributed by atoms with Crippen LogP contribution in [0.5, 0.6) is 0 Å². The van der Waals surface area contributed by atoms with E-state index in [2.05, 4.69) is 4.89 Å². The normalized spacial score (nSPS) is 15.3. The second-order valence-corrected chi connectivity index (χ2v) is 4.93. The van der Waals surface area contributed by atoms with Crippen LogP contribution in [0.25, 0.3) is 0 Å². The van der Waals surface area contributed by atoms with Crippen molar-refractivity contribution in [2.45, 2.75) is 34.1 Å². The summed E-state index contributed by atoms with van der Waals surface area (Å²) in [7, 11) is 0. The van der Waals surface area contributed by atoms with Crippen molar-refractivity contribution >= 4 is 5.97 Å². The molecule has 0 fully saturated rings. The molecule has 5 heteroatoms. The standard InChI is InChI=1S/C10H20O4.Na/c1-7(9(11)12)8(6-14-13)5-10(2,3)4;/h7-8,13H,5-6H2,1-4H3,(H,11,12);/q;+1/p-1. The van der Waals surface area contributed by atoms with Crippen LogP contribution in [0.15, 0.2) is 0 Å². The van der Waals surface area contributed by atoms with Gasteiger partial charge in [0.2, 0.25) is 0 Å². The van der Waals surface area contributed by atoms with Gasteiger partial charge in [-0.05, 0) is 17.8 Å². The second kappa shape index (κ2) is 7.63. The van der Waals surface area contributed by atoms with Gasteiger partial charge in [-0.1, -0.05) is 27.7 Å². The summed E-state index contributed by atoms with van der Waals surface area (Å²) in [5.74, 6) is -1.93. The van der Waals surface area contributed by atoms with Crippen LogP contribution in [0.2, 0.25) is 0 Å². The van der Waals surface area contributed by atoms with Crippen LogP contribution in [-0.2, 0) is 9.68 Å². The Bertz CT molecular complexity index is 188. The Balaban J connectivity index is 0. The van der Waals surface area contributed by atoms with E-state index in [0.29, 0.717) is 6.42 Å². The SMILES string of the molecule is CC(C(=O)[O-])C(COO)CC(C)(C)C.[Na+]. The molecule has 0 spiro atoms. The van der Waals surface area contributed by atoms with Crippen molar-refractivity contribution in [1.82, 2.24) is 0 Å². The fraction of sp³-hybridized carbons (Fsp3) is 0.900. The van der Waals surface area contributed by atoms with Gasteiger partial charge in [-0.3, -0.25) is 5.26 Å². The molecule has 0 amide bonds. The number of carboxylic acids is 1. The van der Waals surface area contributed by atoms with Crippen LogP contribution >= 0.6 is 0 Å². The van der Waals surface area contributed by atoms with Gasteiger partial charge in [-0.2, -0.15) is 0 Å². The van der Waals surface area contributed by atoms with E-state index in [1.54, 1.807) is 6.92 Å². The number of hydrogen-bond acceptors (Lipinski definition) is 4. The number of aliphatic carboxylic acids is 1. The van der Waals surface area contributed by atoms with Crippen molar-refractivity contribution in [2.24, 2.45) is 17.3 Å². The number of carbonyl (C=O) groups excluding carboxylic acids is 1. The summed E-state index contributed by atoms with van der Waals surface area (Å²) in [6.45, 7) is 7.65. The molecule has 0 aromatic rings. The molecule has 1 N–H and O–H groups in total. The van der Waals surface area contributed by atoms with E-state index >= 15 is 0 Å². The minimum atomic E-state index is -1.10. The smallest absolute Gasteiger partial charge is 0.550 e. The summed E-state index contributed by atoms with van der Waals surface area (Å²) in [6, 6.07) is 0. The average molecular weight is 226 g/mol. The van der Waals surface area contributed by atoms with Crippen LogP contribution < -0.4 is 34.7 Å². The quantitative estimate of drug-likeness (QED) is 0.332. The molecule has 0 saturated heterocycles. The maximum Gasteiger partial charge on any atom is 1.00 e. The number of carboxylic acid groups (broad SMARTS) is 1. The maximum atomic E-state index is 10.7. The fourth-order valence-electron chi connectivity index (χ4n) is 1.45. The molecule has 0 aliphatic carbocycles. The molecule has 84 valence electrons. The molecule has 2 unspecified atom stereocenters. The molecule has 0 heterocycles. The van der Waals surface area contributed by atoms with Gasteiger partial charge < -0.3 is 9.90 Å². The Kier molecular flexibility index (Phi) is 9.04. The number of carbonyl (C=O) groups is 1. The van der Waals surface area contributed by atoms with Crippen molar-refractivity contribution in [3.05, 3.63) is 0 Å². The predicted molar refractivity (Wildman–Crippen MR) is 50.3 cm³/mol. The van der Waals surface area contributed by atoms with E-state index in [1.807, 2.05) is 20.8 Å². The molecule has 0 aromatic carbocycles. The largest absolute Gasteiger partial charge is 1.00 e. The summed E-state index contributed by atoms with van der Waals surface area (Å²) in [5, 5.41) is 19.0.